The monoisotopic (exact) mass is 483 g/mol. The third-order valence-corrected chi connectivity index (χ3v) is 5.80. The molecule has 2 aromatic heterocycles. The van der Waals surface area contributed by atoms with Crippen LogP contribution in [-0.4, -0.2) is 54.9 Å². The van der Waals surface area contributed by atoms with E-state index in [0.29, 0.717) is 36.9 Å². The number of hydrogen-bond acceptors (Lipinski definition) is 6. The molecule has 1 atom stereocenters. The Hall–Kier alpha value is -2.13. The molecule has 1 amide bonds. The van der Waals surface area contributed by atoms with Gasteiger partial charge in [0.2, 0.25) is 0 Å². The molecule has 4 rings (SSSR count). The van der Waals surface area contributed by atoms with Gasteiger partial charge < -0.3 is 24.8 Å². The Morgan fingerprint density at radius 2 is 2.03 bits per heavy atom. The summed E-state index contributed by atoms with van der Waals surface area (Å²) in [5, 5.41) is 6.20. The van der Waals surface area contributed by atoms with E-state index >= 15 is 0 Å². The molecule has 0 aliphatic carbocycles. The molecule has 32 heavy (non-hydrogen) atoms. The number of ether oxygens (including phenoxy) is 1. The first-order valence-corrected chi connectivity index (χ1v) is 10.6. The normalized spacial score (nSPS) is 18.3. The van der Waals surface area contributed by atoms with Gasteiger partial charge >= 0.3 is 0 Å². The van der Waals surface area contributed by atoms with E-state index in [1.54, 1.807) is 23.9 Å². The standard InChI is InChI=1S/C22H29N5O3.2ClH/c1-16-6-8-27(15-17-3-2-7-23-13-17)22(29)20(16)21(28)25-18-4-5-19(24-14-18)26-9-11-30-12-10-26;;/h4-6,8,14,17,23H,2-3,7,9-13,15H2,1H3,(H,25,28);2*1H. The highest BCUT2D eigenvalue weighted by atomic mass is 35.5. The Morgan fingerprint density at radius 1 is 1.25 bits per heavy atom. The minimum atomic E-state index is -0.394. The molecule has 176 valence electrons. The second-order valence-electron chi connectivity index (χ2n) is 8.00. The topological polar surface area (TPSA) is 88.5 Å². The van der Waals surface area contributed by atoms with Gasteiger partial charge in [0, 0.05) is 25.8 Å². The predicted octanol–water partition coefficient (Wildman–Crippen LogP) is 2.48. The van der Waals surface area contributed by atoms with Gasteiger partial charge in [-0.1, -0.05) is 0 Å². The van der Waals surface area contributed by atoms with Gasteiger partial charge in [-0.05, 0) is 62.5 Å². The van der Waals surface area contributed by atoms with Crippen LogP contribution < -0.4 is 21.1 Å². The van der Waals surface area contributed by atoms with E-state index in [1.165, 1.54) is 0 Å². The average Bonchev–Trinajstić information content (AvgIpc) is 2.78. The second kappa shape index (κ2) is 12.2. The van der Waals surface area contributed by atoms with Crippen molar-refractivity contribution in [2.24, 2.45) is 5.92 Å². The Bertz CT molecular complexity index is 940. The minimum Gasteiger partial charge on any atom is -0.378 e. The maximum Gasteiger partial charge on any atom is 0.263 e. The van der Waals surface area contributed by atoms with Crippen molar-refractivity contribution >= 4 is 42.2 Å². The number of aryl methyl sites for hydroxylation is 1. The fourth-order valence-corrected chi connectivity index (χ4v) is 4.08. The van der Waals surface area contributed by atoms with Crippen molar-refractivity contribution in [3.8, 4) is 0 Å². The van der Waals surface area contributed by atoms with Gasteiger partial charge in [0.05, 0.1) is 25.1 Å². The summed E-state index contributed by atoms with van der Waals surface area (Å²) in [6, 6.07) is 5.54. The van der Waals surface area contributed by atoms with Crippen LogP contribution >= 0.6 is 24.8 Å². The number of anilines is 2. The number of pyridine rings is 2. The summed E-state index contributed by atoms with van der Waals surface area (Å²) in [5.41, 5.74) is 1.20. The van der Waals surface area contributed by atoms with E-state index in [0.717, 1.165) is 44.8 Å². The molecule has 2 N–H and O–H groups in total. The van der Waals surface area contributed by atoms with E-state index in [2.05, 4.69) is 20.5 Å². The molecular weight excluding hydrogens is 453 g/mol. The summed E-state index contributed by atoms with van der Waals surface area (Å²) in [6.07, 6.45) is 5.64. The number of morpholine rings is 1. The fourth-order valence-electron chi connectivity index (χ4n) is 4.08. The number of aromatic nitrogens is 2. The fraction of sp³-hybridized carbons (Fsp3) is 0.500. The highest BCUT2D eigenvalue weighted by molar-refractivity contribution is 6.04. The summed E-state index contributed by atoms with van der Waals surface area (Å²) in [7, 11) is 0. The summed E-state index contributed by atoms with van der Waals surface area (Å²) in [5.74, 6) is 0.872. The van der Waals surface area contributed by atoms with E-state index in [9.17, 15) is 9.59 Å². The SMILES string of the molecule is Cc1ccn(CC2CCCNC2)c(=O)c1C(=O)Nc1ccc(N2CCOCC2)nc1.Cl.Cl. The number of nitrogens with one attached hydrogen (secondary N) is 2. The lowest BCUT2D eigenvalue weighted by molar-refractivity contribution is 0.102. The zero-order valence-corrected chi connectivity index (χ0v) is 19.8. The molecule has 2 aliphatic rings. The molecule has 0 bridgehead atoms. The molecule has 2 aromatic rings. The molecule has 0 aromatic carbocycles. The van der Waals surface area contributed by atoms with Gasteiger partial charge in [-0.15, -0.1) is 24.8 Å². The van der Waals surface area contributed by atoms with Crippen LogP contribution in [0.1, 0.15) is 28.8 Å². The van der Waals surface area contributed by atoms with Gasteiger partial charge in [0.25, 0.3) is 11.5 Å². The van der Waals surface area contributed by atoms with Crippen molar-refractivity contribution < 1.29 is 9.53 Å². The first-order valence-electron chi connectivity index (χ1n) is 10.6. The van der Waals surface area contributed by atoms with Crippen LogP contribution in [-0.2, 0) is 11.3 Å². The molecule has 2 saturated heterocycles. The van der Waals surface area contributed by atoms with Crippen molar-refractivity contribution in [2.75, 3.05) is 49.6 Å². The summed E-state index contributed by atoms with van der Waals surface area (Å²) in [4.78, 5) is 32.5. The van der Waals surface area contributed by atoms with Crippen molar-refractivity contribution in [1.82, 2.24) is 14.9 Å². The molecule has 0 radical (unpaired) electrons. The van der Waals surface area contributed by atoms with E-state index < -0.39 is 5.91 Å². The minimum absolute atomic E-state index is 0. The van der Waals surface area contributed by atoms with Crippen LogP contribution in [0.5, 0.6) is 0 Å². The quantitative estimate of drug-likeness (QED) is 0.678. The maximum atomic E-state index is 13.0. The number of carbonyl (C=O) groups excluding carboxylic acids is 1. The van der Waals surface area contributed by atoms with Crippen LogP contribution in [0.25, 0.3) is 0 Å². The first-order chi connectivity index (χ1) is 14.6. The number of carbonyl (C=O) groups is 1. The lowest BCUT2D eigenvalue weighted by Gasteiger charge is -2.27. The van der Waals surface area contributed by atoms with Gasteiger partial charge in [-0.3, -0.25) is 9.59 Å². The summed E-state index contributed by atoms with van der Waals surface area (Å²) >= 11 is 0. The number of nitrogens with zero attached hydrogens (tertiary/aromatic N) is 3. The number of amides is 1. The van der Waals surface area contributed by atoms with Crippen LogP contribution in [0.2, 0.25) is 0 Å². The van der Waals surface area contributed by atoms with Crippen molar-refractivity contribution in [1.29, 1.82) is 0 Å². The molecular formula is C22H31Cl2N5O3. The zero-order valence-electron chi connectivity index (χ0n) is 18.2. The van der Waals surface area contributed by atoms with Gasteiger partial charge in [0.1, 0.15) is 11.4 Å². The predicted molar refractivity (Wildman–Crippen MR) is 131 cm³/mol. The first kappa shape index (κ1) is 26.1. The van der Waals surface area contributed by atoms with Crippen LogP contribution in [0.15, 0.2) is 35.4 Å². The Labute approximate surface area is 200 Å². The van der Waals surface area contributed by atoms with Gasteiger partial charge in [-0.25, -0.2) is 4.98 Å². The Kier molecular flexibility index (Phi) is 9.96. The highest BCUT2D eigenvalue weighted by Crippen LogP contribution is 2.17. The van der Waals surface area contributed by atoms with E-state index in [4.69, 9.17) is 4.74 Å². The molecule has 0 saturated carbocycles. The molecule has 10 heteroatoms. The largest absolute Gasteiger partial charge is 0.378 e. The van der Waals surface area contributed by atoms with E-state index in [1.807, 2.05) is 18.2 Å². The number of rotatable bonds is 5. The molecule has 0 spiro atoms. The molecule has 2 fully saturated rings. The van der Waals surface area contributed by atoms with Gasteiger partial charge in [0.15, 0.2) is 0 Å². The molecule has 8 nitrogen and oxygen atoms in total. The average molecular weight is 484 g/mol. The number of halogens is 2. The Morgan fingerprint density at radius 3 is 2.69 bits per heavy atom. The second-order valence-corrected chi connectivity index (χ2v) is 8.00. The zero-order chi connectivity index (χ0) is 20.9. The maximum absolute atomic E-state index is 13.0. The number of piperidine rings is 1. The number of hydrogen-bond donors (Lipinski definition) is 2. The molecule has 4 heterocycles. The summed E-state index contributed by atoms with van der Waals surface area (Å²) < 4.78 is 7.03. The molecule has 1 unspecified atom stereocenters. The lowest BCUT2D eigenvalue weighted by Crippen LogP contribution is -2.37. The third-order valence-electron chi connectivity index (χ3n) is 5.80. The lowest BCUT2D eigenvalue weighted by atomic mass is 9.99. The third kappa shape index (κ3) is 6.22. The summed E-state index contributed by atoms with van der Waals surface area (Å²) in [6.45, 7) is 7.35. The van der Waals surface area contributed by atoms with Crippen LogP contribution in [0.3, 0.4) is 0 Å². The van der Waals surface area contributed by atoms with Crippen molar-refractivity contribution in [3.05, 3.63) is 52.1 Å². The molecule has 2 aliphatic heterocycles. The Balaban J connectivity index is 0.00000181. The van der Waals surface area contributed by atoms with Crippen LogP contribution in [0, 0.1) is 12.8 Å². The van der Waals surface area contributed by atoms with Crippen LogP contribution in [0.4, 0.5) is 11.5 Å². The van der Waals surface area contributed by atoms with Gasteiger partial charge in [-0.2, -0.15) is 0 Å². The highest BCUT2D eigenvalue weighted by Gasteiger charge is 2.19. The smallest absolute Gasteiger partial charge is 0.263 e. The van der Waals surface area contributed by atoms with Crippen molar-refractivity contribution in [2.45, 2.75) is 26.3 Å². The van der Waals surface area contributed by atoms with Crippen molar-refractivity contribution in [3.63, 3.8) is 0 Å². The van der Waals surface area contributed by atoms with E-state index in [-0.39, 0.29) is 35.9 Å².